The summed E-state index contributed by atoms with van der Waals surface area (Å²) in [7, 11) is 0. The van der Waals surface area contributed by atoms with E-state index in [0.29, 0.717) is 12.0 Å². The molecule has 1 N–H and O–H groups in total. The summed E-state index contributed by atoms with van der Waals surface area (Å²) in [6, 6.07) is 0.639. The first kappa shape index (κ1) is 12.2. The normalized spacial score (nSPS) is 15.1. The van der Waals surface area contributed by atoms with Gasteiger partial charge in [0.1, 0.15) is 0 Å². The van der Waals surface area contributed by atoms with E-state index in [-0.39, 0.29) is 0 Å². The molecule has 15 heavy (non-hydrogen) atoms. The molecule has 0 aliphatic carbocycles. The molecule has 1 aromatic rings. The van der Waals surface area contributed by atoms with Gasteiger partial charge in [-0.25, -0.2) is 4.98 Å². The molecule has 3 heteroatoms. The molecule has 86 valence electrons. The van der Waals surface area contributed by atoms with Crippen molar-refractivity contribution >= 4 is 0 Å². The van der Waals surface area contributed by atoms with Gasteiger partial charge in [0.05, 0.1) is 6.33 Å². The lowest BCUT2D eigenvalue weighted by Crippen LogP contribution is -2.31. The molecule has 0 saturated carbocycles. The van der Waals surface area contributed by atoms with Crippen LogP contribution in [0.3, 0.4) is 0 Å². The van der Waals surface area contributed by atoms with E-state index < -0.39 is 0 Å². The minimum atomic E-state index is 0.639. The number of rotatable bonds is 7. The summed E-state index contributed by atoms with van der Waals surface area (Å²) in [5.41, 5.74) is 0. The third-order valence-electron chi connectivity index (χ3n) is 2.62. The first-order valence-corrected chi connectivity index (χ1v) is 5.91. The minimum absolute atomic E-state index is 0.639. The standard InChI is InChI=1S/C12H23N3/c1-4-5-12(3)14-8-11(2)9-15-7-6-13-10-15/h6-7,10-12,14H,4-5,8-9H2,1-3H3. The number of nitrogens with one attached hydrogen (secondary N) is 1. The Morgan fingerprint density at radius 1 is 1.40 bits per heavy atom. The summed E-state index contributed by atoms with van der Waals surface area (Å²) in [6.07, 6.45) is 8.25. The summed E-state index contributed by atoms with van der Waals surface area (Å²) in [5.74, 6) is 0.651. The molecule has 1 aromatic heterocycles. The van der Waals surface area contributed by atoms with Crippen LogP contribution in [0, 0.1) is 5.92 Å². The molecule has 0 bridgehead atoms. The summed E-state index contributed by atoms with van der Waals surface area (Å²) in [5, 5.41) is 3.56. The molecule has 1 heterocycles. The van der Waals surface area contributed by atoms with E-state index in [4.69, 9.17) is 0 Å². The monoisotopic (exact) mass is 209 g/mol. The van der Waals surface area contributed by atoms with Crippen molar-refractivity contribution in [1.29, 1.82) is 0 Å². The van der Waals surface area contributed by atoms with Gasteiger partial charge in [0.25, 0.3) is 0 Å². The number of aromatic nitrogens is 2. The van der Waals surface area contributed by atoms with Crippen LogP contribution in [0.1, 0.15) is 33.6 Å². The summed E-state index contributed by atoms with van der Waals surface area (Å²) in [6.45, 7) is 8.89. The molecule has 2 atom stereocenters. The van der Waals surface area contributed by atoms with Crippen LogP contribution in [-0.4, -0.2) is 22.1 Å². The fourth-order valence-corrected chi connectivity index (χ4v) is 1.76. The Bertz CT molecular complexity index is 243. The lowest BCUT2D eigenvalue weighted by molar-refractivity contribution is 0.405. The maximum atomic E-state index is 4.04. The van der Waals surface area contributed by atoms with Crippen LogP contribution in [0.5, 0.6) is 0 Å². The zero-order chi connectivity index (χ0) is 11.1. The highest BCUT2D eigenvalue weighted by atomic mass is 15.0. The Morgan fingerprint density at radius 2 is 2.20 bits per heavy atom. The van der Waals surface area contributed by atoms with E-state index in [1.807, 2.05) is 18.7 Å². The smallest absolute Gasteiger partial charge is 0.0946 e. The van der Waals surface area contributed by atoms with E-state index in [2.05, 4.69) is 35.6 Å². The molecule has 1 rings (SSSR count). The van der Waals surface area contributed by atoms with Crippen LogP contribution < -0.4 is 5.32 Å². The Balaban J connectivity index is 2.16. The molecule has 0 aliphatic heterocycles. The number of hydrogen-bond acceptors (Lipinski definition) is 2. The maximum Gasteiger partial charge on any atom is 0.0946 e. The van der Waals surface area contributed by atoms with Crippen molar-refractivity contribution in [3.05, 3.63) is 18.7 Å². The largest absolute Gasteiger partial charge is 0.337 e. The topological polar surface area (TPSA) is 29.9 Å². The van der Waals surface area contributed by atoms with Crippen LogP contribution in [0.2, 0.25) is 0 Å². The molecule has 3 nitrogen and oxygen atoms in total. The first-order chi connectivity index (χ1) is 7.22. The van der Waals surface area contributed by atoms with Gasteiger partial charge in [-0.15, -0.1) is 0 Å². The molecule has 2 unspecified atom stereocenters. The first-order valence-electron chi connectivity index (χ1n) is 5.91. The van der Waals surface area contributed by atoms with Gasteiger partial charge in [-0.05, 0) is 25.8 Å². The molecule has 0 fully saturated rings. The highest BCUT2D eigenvalue weighted by molar-refractivity contribution is 4.75. The van der Waals surface area contributed by atoms with Gasteiger partial charge in [-0.1, -0.05) is 20.3 Å². The van der Waals surface area contributed by atoms with Crippen LogP contribution in [-0.2, 0) is 6.54 Å². The van der Waals surface area contributed by atoms with Crippen LogP contribution >= 0.6 is 0 Å². The minimum Gasteiger partial charge on any atom is -0.337 e. The van der Waals surface area contributed by atoms with E-state index in [1.54, 1.807) is 0 Å². The predicted octanol–water partition coefficient (Wildman–Crippen LogP) is 2.30. The van der Waals surface area contributed by atoms with Gasteiger partial charge >= 0.3 is 0 Å². The lowest BCUT2D eigenvalue weighted by atomic mass is 10.1. The zero-order valence-electron chi connectivity index (χ0n) is 10.1. The third kappa shape index (κ3) is 4.98. The van der Waals surface area contributed by atoms with E-state index >= 15 is 0 Å². The predicted molar refractivity (Wildman–Crippen MR) is 63.8 cm³/mol. The highest BCUT2D eigenvalue weighted by Gasteiger charge is 2.05. The van der Waals surface area contributed by atoms with Crippen LogP contribution in [0.15, 0.2) is 18.7 Å². The maximum absolute atomic E-state index is 4.04. The van der Waals surface area contributed by atoms with Gasteiger partial charge in [-0.2, -0.15) is 0 Å². The molecule has 0 aromatic carbocycles. The summed E-state index contributed by atoms with van der Waals surface area (Å²) < 4.78 is 2.14. The van der Waals surface area contributed by atoms with E-state index in [9.17, 15) is 0 Å². The van der Waals surface area contributed by atoms with Crippen molar-refractivity contribution in [3.8, 4) is 0 Å². The average molecular weight is 209 g/mol. The van der Waals surface area contributed by atoms with Crippen LogP contribution in [0.4, 0.5) is 0 Å². The summed E-state index contributed by atoms with van der Waals surface area (Å²) in [4.78, 5) is 4.04. The van der Waals surface area contributed by atoms with Crippen molar-refractivity contribution in [2.75, 3.05) is 6.54 Å². The Labute approximate surface area is 92.9 Å². The van der Waals surface area contributed by atoms with Gasteiger partial charge in [0, 0.05) is 25.0 Å². The van der Waals surface area contributed by atoms with E-state index in [0.717, 1.165) is 13.1 Å². The second kappa shape index (κ2) is 6.62. The fraction of sp³-hybridized carbons (Fsp3) is 0.750. The van der Waals surface area contributed by atoms with E-state index in [1.165, 1.54) is 12.8 Å². The molecule has 0 spiro atoms. The van der Waals surface area contributed by atoms with Crippen molar-refractivity contribution in [2.45, 2.75) is 46.2 Å². The zero-order valence-corrected chi connectivity index (χ0v) is 10.1. The van der Waals surface area contributed by atoms with Crippen molar-refractivity contribution in [3.63, 3.8) is 0 Å². The molecule has 0 radical (unpaired) electrons. The van der Waals surface area contributed by atoms with Crippen molar-refractivity contribution in [2.24, 2.45) is 5.92 Å². The van der Waals surface area contributed by atoms with Crippen molar-refractivity contribution < 1.29 is 0 Å². The van der Waals surface area contributed by atoms with Gasteiger partial charge < -0.3 is 9.88 Å². The Hall–Kier alpha value is -0.830. The quantitative estimate of drug-likeness (QED) is 0.746. The number of hydrogen-bond donors (Lipinski definition) is 1. The molecular formula is C12H23N3. The van der Waals surface area contributed by atoms with Gasteiger partial charge in [0.15, 0.2) is 0 Å². The molecule has 0 saturated heterocycles. The second-order valence-corrected chi connectivity index (χ2v) is 4.46. The van der Waals surface area contributed by atoms with Crippen LogP contribution in [0.25, 0.3) is 0 Å². The molecule has 0 aliphatic rings. The third-order valence-corrected chi connectivity index (χ3v) is 2.62. The lowest BCUT2D eigenvalue weighted by Gasteiger charge is -2.17. The average Bonchev–Trinajstić information content (AvgIpc) is 2.68. The number of nitrogens with zero attached hydrogens (tertiary/aromatic N) is 2. The van der Waals surface area contributed by atoms with Crippen molar-refractivity contribution in [1.82, 2.24) is 14.9 Å². The fourth-order valence-electron chi connectivity index (χ4n) is 1.76. The molecule has 0 amide bonds. The highest BCUT2D eigenvalue weighted by Crippen LogP contribution is 2.01. The SMILES string of the molecule is CCCC(C)NCC(C)Cn1ccnc1. The Morgan fingerprint density at radius 3 is 2.80 bits per heavy atom. The number of imidazole rings is 1. The Kier molecular flexibility index (Phi) is 5.40. The molecular weight excluding hydrogens is 186 g/mol. The van der Waals surface area contributed by atoms with Gasteiger partial charge in [0.2, 0.25) is 0 Å². The second-order valence-electron chi connectivity index (χ2n) is 4.46. The van der Waals surface area contributed by atoms with Gasteiger partial charge in [-0.3, -0.25) is 0 Å². The summed E-state index contributed by atoms with van der Waals surface area (Å²) >= 11 is 0.